The van der Waals surface area contributed by atoms with Crippen LogP contribution in [-0.4, -0.2) is 35.8 Å². The van der Waals surface area contributed by atoms with Gasteiger partial charge >= 0.3 is 35.8 Å². The van der Waals surface area contributed by atoms with Crippen molar-refractivity contribution in [2.75, 3.05) is 0 Å². The summed E-state index contributed by atoms with van der Waals surface area (Å²) in [6, 6.07) is 56.0. The van der Waals surface area contributed by atoms with Gasteiger partial charge in [-0.3, -0.25) is 0 Å². The molecular weight excluding hydrogens is 1200 g/mol. The molecule has 0 spiro atoms. The molecule has 474 valence electrons. The summed E-state index contributed by atoms with van der Waals surface area (Å²) in [5, 5.41) is 0. The van der Waals surface area contributed by atoms with E-state index in [0.717, 1.165) is 110 Å². The number of esters is 6. The fourth-order valence-corrected chi connectivity index (χ4v) is 8.85. The van der Waals surface area contributed by atoms with Crippen molar-refractivity contribution in [3.63, 3.8) is 0 Å². The Labute approximate surface area is 541 Å². The molecule has 0 atom stereocenters. The number of ether oxygens (including phenoxy) is 6. The van der Waals surface area contributed by atoms with E-state index in [-0.39, 0.29) is 73.3 Å². The monoisotopic (exact) mass is 1270 g/mol. The highest BCUT2D eigenvalue weighted by molar-refractivity contribution is 5.84. The first kappa shape index (κ1) is 69.4. The maximum atomic E-state index is 14.8. The molecule has 9 aromatic carbocycles. The van der Waals surface area contributed by atoms with Crippen LogP contribution in [0.15, 0.2) is 270 Å². The lowest BCUT2D eigenvalue weighted by Gasteiger charge is -2.11. The summed E-state index contributed by atoms with van der Waals surface area (Å²) in [5.41, 5.74) is 12.0. The van der Waals surface area contributed by atoms with Gasteiger partial charge in [0.2, 0.25) is 0 Å². The zero-order valence-corrected chi connectivity index (χ0v) is 50.8. The Kier molecular flexibility index (Phi) is 25.7. The molecule has 9 aromatic rings. The van der Waals surface area contributed by atoms with Gasteiger partial charge in [0.1, 0.15) is 62.9 Å². The fourth-order valence-electron chi connectivity index (χ4n) is 8.85. The molecule has 0 aromatic heterocycles. The highest BCUT2D eigenvalue weighted by atomic mass is 19.1. The van der Waals surface area contributed by atoms with Gasteiger partial charge in [0, 0.05) is 58.7 Å². The van der Waals surface area contributed by atoms with Crippen LogP contribution in [0.5, 0.6) is 0 Å². The van der Waals surface area contributed by atoms with Crippen LogP contribution in [0.3, 0.4) is 0 Å². The Morgan fingerprint density at radius 2 is 0.468 bits per heavy atom. The van der Waals surface area contributed by atoms with E-state index in [4.69, 9.17) is 28.4 Å². The van der Waals surface area contributed by atoms with E-state index in [1.165, 1.54) is 42.5 Å². The lowest BCUT2D eigenvalue weighted by Crippen LogP contribution is -2.02. The average molecular weight is 1270 g/mol. The van der Waals surface area contributed by atoms with Gasteiger partial charge in [0.15, 0.2) is 0 Å². The smallest absolute Gasteiger partial charge is 0.330 e. The Bertz CT molecular complexity index is 4150. The van der Waals surface area contributed by atoms with Crippen molar-refractivity contribution in [2.45, 2.75) is 39.6 Å². The SMILES string of the molecule is C=CC(=O)OCc1ccc(-c2ccc(-c3ccc(COC(=O)C=C)c(F)c3)c(F)c2)c(F)c1.C=CC(=O)OCc1ccc(-c2ccc(-c3ccc(COC(=O)C=C)cc3)c(F)c2)cc1.C=CC(=O)OCc1ccc(-c2ccc(-c3ccc(COC(=O)C=C)cc3)cc2)cc1. The van der Waals surface area contributed by atoms with Crippen molar-refractivity contribution in [3.8, 4) is 66.8 Å². The van der Waals surface area contributed by atoms with Gasteiger partial charge in [-0.05, 0) is 102 Å². The van der Waals surface area contributed by atoms with Gasteiger partial charge in [-0.1, -0.05) is 209 Å². The van der Waals surface area contributed by atoms with E-state index in [1.807, 2.05) is 78.9 Å². The van der Waals surface area contributed by atoms with E-state index >= 15 is 0 Å². The summed E-state index contributed by atoms with van der Waals surface area (Å²) < 4.78 is 88.3. The quantitative estimate of drug-likeness (QED) is 0.0244. The second-order valence-electron chi connectivity index (χ2n) is 20.2. The Morgan fingerprint density at radius 3 is 0.798 bits per heavy atom. The van der Waals surface area contributed by atoms with Crippen LogP contribution in [0.4, 0.5) is 17.6 Å². The number of carbonyl (C=O) groups excluding carboxylic acids is 6. The fraction of sp³-hybridized carbons (Fsp3) is 0.0769. The number of halogens is 4. The van der Waals surface area contributed by atoms with Gasteiger partial charge < -0.3 is 28.4 Å². The molecule has 0 aliphatic heterocycles. The van der Waals surface area contributed by atoms with Crippen LogP contribution >= 0.6 is 0 Å². The first-order chi connectivity index (χ1) is 45.4. The normalized spacial score (nSPS) is 10.3. The summed E-state index contributed by atoms with van der Waals surface area (Å²) >= 11 is 0. The molecule has 0 unspecified atom stereocenters. The Morgan fingerprint density at radius 1 is 0.245 bits per heavy atom. The molecule has 9 rings (SSSR count). The molecule has 94 heavy (non-hydrogen) atoms. The second-order valence-corrected chi connectivity index (χ2v) is 20.2. The van der Waals surface area contributed by atoms with Crippen LogP contribution in [0.25, 0.3) is 66.8 Å². The predicted octanol–water partition coefficient (Wildman–Crippen LogP) is 17.0. The highest BCUT2D eigenvalue weighted by Crippen LogP contribution is 2.33. The molecule has 0 amide bonds. The molecule has 0 aliphatic rings. The molecule has 0 saturated heterocycles. The van der Waals surface area contributed by atoms with Crippen molar-refractivity contribution in [2.24, 2.45) is 0 Å². The minimum atomic E-state index is -0.682. The van der Waals surface area contributed by atoms with Crippen molar-refractivity contribution in [1.29, 1.82) is 0 Å². The van der Waals surface area contributed by atoms with E-state index in [1.54, 1.807) is 36.4 Å². The molecule has 0 saturated carbocycles. The third-order valence-electron chi connectivity index (χ3n) is 13.9. The van der Waals surface area contributed by atoms with Gasteiger partial charge in [-0.25, -0.2) is 46.3 Å². The summed E-state index contributed by atoms with van der Waals surface area (Å²) in [7, 11) is 0. The van der Waals surface area contributed by atoms with E-state index in [9.17, 15) is 46.3 Å². The largest absolute Gasteiger partial charge is 0.458 e. The van der Waals surface area contributed by atoms with Crippen molar-refractivity contribution < 1.29 is 74.8 Å². The molecule has 0 radical (unpaired) electrons. The van der Waals surface area contributed by atoms with Crippen LogP contribution in [0.1, 0.15) is 33.4 Å². The van der Waals surface area contributed by atoms with Gasteiger partial charge in [-0.2, -0.15) is 0 Å². The molecule has 0 aliphatic carbocycles. The lowest BCUT2D eigenvalue weighted by molar-refractivity contribution is -0.139. The van der Waals surface area contributed by atoms with Crippen LogP contribution < -0.4 is 0 Å². The maximum absolute atomic E-state index is 14.8. The second kappa shape index (κ2) is 34.8. The zero-order chi connectivity index (χ0) is 67.5. The number of benzene rings is 9. The number of hydrogen-bond donors (Lipinski definition) is 0. The summed E-state index contributed by atoms with van der Waals surface area (Å²) in [6.07, 6.45) is 6.51. The minimum absolute atomic E-state index is 0.121. The highest BCUT2D eigenvalue weighted by Gasteiger charge is 2.15. The van der Waals surface area contributed by atoms with Crippen LogP contribution in [0, 0.1) is 23.3 Å². The summed E-state index contributed by atoms with van der Waals surface area (Å²) in [6.45, 7) is 20.4. The first-order valence-corrected chi connectivity index (χ1v) is 28.8. The third kappa shape index (κ3) is 20.5. The molecular formula is C78H62F4O12. The van der Waals surface area contributed by atoms with Gasteiger partial charge in [0.05, 0.1) is 0 Å². The standard InChI is InChI=1S/C26H19F3O4.C26H21FO4.C26H22O4/c1-3-25(30)32-14-16-5-9-20(23(28)11-16)18-8-10-21(24(29)13-18)17-6-7-19(22(27)12-17)15-33-26(31)4-2;1-3-25(28)30-16-18-5-9-20(10-6-18)22-13-14-23(24(27)15-22)21-11-7-19(8-12-21)17-31-26(29)4-2;1-3-25(27)29-17-19-5-9-21(10-6-19)23-13-15-24(16-14-23)22-11-7-20(8-12-22)18-30-26(28)4-2/h3-13H,1-2,14-15H2;3-15H,1-2,16-17H2;3-16H,1-2,17-18H2. The number of carbonyl (C=O) groups is 6. The maximum Gasteiger partial charge on any atom is 0.330 e. The average Bonchev–Trinajstić information content (AvgIpc) is 0.926. The minimum Gasteiger partial charge on any atom is -0.458 e. The first-order valence-electron chi connectivity index (χ1n) is 28.8. The third-order valence-corrected chi connectivity index (χ3v) is 13.9. The summed E-state index contributed by atoms with van der Waals surface area (Å²) in [5.74, 6) is -5.42. The molecule has 0 N–H and O–H groups in total. The lowest BCUT2D eigenvalue weighted by atomic mass is 9.98. The van der Waals surface area contributed by atoms with E-state index < -0.39 is 53.3 Å². The zero-order valence-electron chi connectivity index (χ0n) is 50.8. The van der Waals surface area contributed by atoms with Gasteiger partial charge in [-0.15, -0.1) is 0 Å². The van der Waals surface area contributed by atoms with Gasteiger partial charge in [0.25, 0.3) is 0 Å². The van der Waals surface area contributed by atoms with Crippen molar-refractivity contribution >= 4 is 35.8 Å². The Hall–Kier alpha value is -12.0. The molecule has 0 fully saturated rings. The summed E-state index contributed by atoms with van der Waals surface area (Å²) in [4.78, 5) is 66.9. The van der Waals surface area contributed by atoms with E-state index in [0.29, 0.717) is 11.1 Å². The van der Waals surface area contributed by atoms with Crippen molar-refractivity contribution in [1.82, 2.24) is 0 Å². The van der Waals surface area contributed by atoms with Crippen LogP contribution in [-0.2, 0) is 96.8 Å². The predicted molar refractivity (Wildman–Crippen MR) is 352 cm³/mol. The topological polar surface area (TPSA) is 158 Å². The van der Waals surface area contributed by atoms with E-state index in [2.05, 4.69) is 63.7 Å². The molecule has 12 nitrogen and oxygen atoms in total. The number of rotatable bonds is 24. The van der Waals surface area contributed by atoms with Crippen LogP contribution in [0.2, 0.25) is 0 Å². The Balaban J connectivity index is 0.000000200. The molecule has 0 bridgehead atoms. The number of hydrogen-bond acceptors (Lipinski definition) is 12. The van der Waals surface area contributed by atoms with Crippen molar-refractivity contribution in [3.05, 3.63) is 327 Å². The molecule has 16 heteroatoms. The molecule has 0 heterocycles.